The van der Waals surface area contributed by atoms with Crippen LogP contribution in [0, 0.1) is 5.92 Å². The van der Waals surface area contributed by atoms with Gasteiger partial charge in [-0.2, -0.15) is 22.5 Å². The Hall–Kier alpha value is -0.850. The molecule has 0 spiro atoms. The number of anilines is 1. The highest BCUT2D eigenvalue weighted by atomic mass is 32.1. The summed E-state index contributed by atoms with van der Waals surface area (Å²) in [4.78, 5) is 3.52. The van der Waals surface area contributed by atoms with Crippen LogP contribution in [-0.4, -0.2) is 15.4 Å². The Balaban J connectivity index is 2.02. The zero-order valence-corrected chi connectivity index (χ0v) is 10.9. The molecule has 2 unspecified atom stereocenters. The van der Waals surface area contributed by atoms with E-state index in [1.54, 1.807) is 0 Å². The maximum absolute atomic E-state index is 12.4. The van der Waals surface area contributed by atoms with Gasteiger partial charge in [-0.1, -0.05) is 26.2 Å². The normalized spacial score (nSPS) is 25.1. The van der Waals surface area contributed by atoms with Crippen molar-refractivity contribution in [1.82, 2.24) is 9.36 Å². The topological polar surface area (TPSA) is 37.8 Å². The number of nitrogens with one attached hydrogen (secondary N) is 1. The molecular formula is C11H16F3N3S. The molecule has 2 rings (SSSR count). The Kier molecular flexibility index (Phi) is 4.09. The Bertz CT molecular complexity index is 391. The van der Waals surface area contributed by atoms with Gasteiger partial charge >= 0.3 is 6.18 Å². The summed E-state index contributed by atoms with van der Waals surface area (Å²) in [5.41, 5.74) is 0. The van der Waals surface area contributed by atoms with Gasteiger partial charge in [-0.05, 0) is 18.8 Å². The van der Waals surface area contributed by atoms with Crippen molar-refractivity contribution in [3.8, 4) is 0 Å². The molecule has 1 heterocycles. The van der Waals surface area contributed by atoms with Gasteiger partial charge in [0.05, 0.1) is 0 Å². The largest absolute Gasteiger partial charge is 0.452 e. The third-order valence-electron chi connectivity index (χ3n) is 3.42. The Morgan fingerprint density at radius 3 is 2.67 bits per heavy atom. The smallest absolute Gasteiger partial charge is 0.357 e. The van der Waals surface area contributed by atoms with Crippen LogP contribution in [0.5, 0.6) is 0 Å². The van der Waals surface area contributed by atoms with Gasteiger partial charge in [-0.3, -0.25) is 0 Å². The van der Waals surface area contributed by atoms with Crippen molar-refractivity contribution in [2.75, 3.05) is 5.32 Å². The van der Waals surface area contributed by atoms with Crippen LogP contribution in [-0.2, 0) is 6.18 Å². The van der Waals surface area contributed by atoms with Crippen molar-refractivity contribution in [2.45, 2.75) is 51.2 Å². The van der Waals surface area contributed by atoms with E-state index in [0.717, 1.165) is 37.2 Å². The van der Waals surface area contributed by atoms with Crippen molar-refractivity contribution < 1.29 is 13.2 Å². The van der Waals surface area contributed by atoms with Crippen LogP contribution in [0.25, 0.3) is 0 Å². The standard InChI is InChI=1S/C11H16F3N3S/c1-2-7-5-3-4-6-8(7)15-10-16-9(17-18-10)11(12,13)14/h7-8H,2-6H2,1H3,(H,15,16,17). The van der Waals surface area contributed by atoms with Crippen molar-refractivity contribution in [1.29, 1.82) is 0 Å². The minimum absolute atomic E-state index is 0.234. The highest BCUT2D eigenvalue weighted by Gasteiger charge is 2.36. The van der Waals surface area contributed by atoms with E-state index in [0.29, 0.717) is 5.92 Å². The van der Waals surface area contributed by atoms with Crippen LogP contribution in [0.4, 0.5) is 18.3 Å². The lowest BCUT2D eigenvalue weighted by atomic mass is 9.83. The van der Waals surface area contributed by atoms with E-state index in [-0.39, 0.29) is 11.2 Å². The van der Waals surface area contributed by atoms with Gasteiger partial charge in [-0.25, -0.2) is 0 Å². The molecule has 1 fully saturated rings. The predicted octanol–water partition coefficient (Wildman–Crippen LogP) is 3.94. The van der Waals surface area contributed by atoms with Gasteiger partial charge in [0.1, 0.15) is 0 Å². The maximum atomic E-state index is 12.4. The molecule has 18 heavy (non-hydrogen) atoms. The van der Waals surface area contributed by atoms with Gasteiger partial charge < -0.3 is 5.32 Å². The van der Waals surface area contributed by atoms with E-state index in [2.05, 4.69) is 21.6 Å². The number of aromatic nitrogens is 2. The summed E-state index contributed by atoms with van der Waals surface area (Å²) >= 11 is 0.790. The quantitative estimate of drug-likeness (QED) is 0.910. The van der Waals surface area contributed by atoms with Crippen molar-refractivity contribution >= 4 is 16.7 Å². The number of halogens is 3. The van der Waals surface area contributed by atoms with Crippen LogP contribution in [0.1, 0.15) is 44.9 Å². The van der Waals surface area contributed by atoms with Crippen LogP contribution < -0.4 is 5.32 Å². The van der Waals surface area contributed by atoms with Gasteiger partial charge in [0.25, 0.3) is 0 Å². The van der Waals surface area contributed by atoms with Gasteiger partial charge in [0, 0.05) is 17.6 Å². The molecule has 102 valence electrons. The first-order valence-electron chi connectivity index (χ1n) is 6.18. The zero-order chi connectivity index (χ0) is 13.2. The lowest BCUT2D eigenvalue weighted by Gasteiger charge is -2.31. The minimum Gasteiger partial charge on any atom is -0.357 e. The van der Waals surface area contributed by atoms with Crippen molar-refractivity contribution in [2.24, 2.45) is 5.92 Å². The second kappa shape index (κ2) is 5.42. The molecule has 1 aromatic heterocycles. The van der Waals surface area contributed by atoms with E-state index in [1.165, 1.54) is 6.42 Å². The molecule has 3 nitrogen and oxygen atoms in total. The molecule has 1 aromatic rings. The van der Waals surface area contributed by atoms with Gasteiger partial charge in [0.15, 0.2) is 0 Å². The molecule has 0 amide bonds. The van der Waals surface area contributed by atoms with Crippen LogP contribution in [0.2, 0.25) is 0 Å². The third-order valence-corrected chi connectivity index (χ3v) is 4.07. The van der Waals surface area contributed by atoms with Gasteiger partial charge in [0.2, 0.25) is 11.0 Å². The second-order valence-corrected chi connectivity index (χ2v) is 5.38. The monoisotopic (exact) mass is 279 g/mol. The number of hydrogen-bond donors (Lipinski definition) is 1. The van der Waals surface area contributed by atoms with E-state index < -0.39 is 12.0 Å². The van der Waals surface area contributed by atoms with E-state index >= 15 is 0 Å². The molecule has 0 aliphatic heterocycles. The van der Waals surface area contributed by atoms with Crippen LogP contribution in [0.3, 0.4) is 0 Å². The fourth-order valence-electron chi connectivity index (χ4n) is 2.44. The lowest BCUT2D eigenvalue weighted by Crippen LogP contribution is -2.31. The fourth-order valence-corrected chi connectivity index (χ4v) is 3.09. The maximum Gasteiger partial charge on any atom is 0.452 e. The molecule has 0 radical (unpaired) electrons. The summed E-state index contributed by atoms with van der Waals surface area (Å²) in [7, 11) is 0. The van der Waals surface area contributed by atoms with Crippen LogP contribution in [0.15, 0.2) is 0 Å². The number of nitrogens with zero attached hydrogens (tertiary/aromatic N) is 2. The molecule has 0 bridgehead atoms. The molecule has 1 aliphatic carbocycles. The van der Waals surface area contributed by atoms with Gasteiger partial charge in [-0.15, -0.1) is 0 Å². The van der Waals surface area contributed by atoms with Crippen molar-refractivity contribution in [3.05, 3.63) is 5.82 Å². The molecular weight excluding hydrogens is 263 g/mol. The summed E-state index contributed by atoms with van der Waals surface area (Å²) < 4.78 is 40.5. The lowest BCUT2D eigenvalue weighted by molar-refractivity contribution is -0.144. The summed E-state index contributed by atoms with van der Waals surface area (Å²) in [5, 5.41) is 3.40. The molecule has 1 aliphatic rings. The van der Waals surface area contributed by atoms with Crippen LogP contribution >= 0.6 is 11.5 Å². The highest BCUT2D eigenvalue weighted by molar-refractivity contribution is 7.09. The molecule has 0 saturated heterocycles. The number of hydrogen-bond acceptors (Lipinski definition) is 4. The summed E-state index contributed by atoms with van der Waals surface area (Å²) in [6.07, 6.45) is 1.06. The molecule has 0 aromatic carbocycles. The first kappa shape index (κ1) is 13.6. The highest BCUT2D eigenvalue weighted by Crippen LogP contribution is 2.32. The molecule has 2 atom stereocenters. The summed E-state index contributed by atoms with van der Waals surface area (Å²) in [6, 6.07) is 0.234. The molecule has 7 heteroatoms. The zero-order valence-electron chi connectivity index (χ0n) is 10.1. The second-order valence-electron chi connectivity index (χ2n) is 4.62. The molecule has 1 N–H and O–H groups in total. The first-order chi connectivity index (χ1) is 8.50. The average Bonchev–Trinajstić information content (AvgIpc) is 2.78. The average molecular weight is 279 g/mol. The van der Waals surface area contributed by atoms with E-state index in [4.69, 9.17) is 0 Å². The third kappa shape index (κ3) is 3.13. The van der Waals surface area contributed by atoms with Crippen molar-refractivity contribution in [3.63, 3.8) is 0 Å². The first-order valence-corrected chi connectivity index (χ1v) is 6.95. The molecule has 1 saturated carbocycles. The summed E-state index contributed by atoms with van der Waals surface area (Å²) in [6.45, 7) is 2.12. The number of rotatable bonds is 3. The fraction of sp³-hybridized carbons (Fsp3) is 0.818. The van der Waals surface area contributed by atoms with E-state index in [1.807, 2.05) is 0 Å². The number of alkyl halides is 3. The van der Waals surface area contributed by atoms with E-state index in [9.17, 15) is 13.2 Å². The Morgan fingerprint density at radius 2 is 2.06 bits per heavy atom. The predicted molar refractivity (Wildman–Crippen MR) is 64.6 cm³/mol. The summed E-state index contributed by atoms with van der Waals surface area (Å²) in [5.74, 6) is -0.518. The minimum atomic E-state index is -4.45. The SMILES string of the molecule is CCC1CCCCC1Nc1nc(C(F)(F)F)ns1. The Labute approximate surface area is 108 Å². The Morgan fingerprint density at radius 1 is 1.33 bits per heavy atom.